The van der Waals surface area contributed by atoms with Gasteiger partial charge in [0.1, 0.15) is 0 Å². The summed E-state index contributed by atoms with van der Waals surface area (Å²) in [6, 6.07) is 0.633. The Morgan fingerprint density at radius 3 is 2.42 bits per heavy atom. The maximum Gasteiger partial charge on any atom is 0.226 e. The van der Waals surface area contributed by atoms with E-state index in [0.717, 1.165) is 51.2 Å². The minimum atomic E-state index is 0.149. The third-order valence-corrected chi connectivity index (χ3v) is 6.85. The van der Waals surface area contributed by atoms with Crippen molar-refractivity contribution in [3.8, 4) is 0 Å². The summed E-state index contributed by atoms with van der Waals surface area (Å²) in [7, 11) is 0. The molecule has 0 aromatic rings. The van der Waals surface area contributed by atoms with E-state index in [1.807, 2.05) is 0 Å². The average Bonchev–Trinajstić information content (AvgIpc) is 3.27. The summed E-state index contributed by atoms with van der Waals surface area (Å²) in [4.78, 5) is 29.4. The third kappa shape index (κ3) is 2.85. The van der Waals surface area contributed by atoms with Gasteiger partial charge in [0.15, 0.2) is 0 Å². The SMILES string of the molecule is CC(=O)N1C(C)CN(C(=O)C2CC2)C2CC(C3CCNC3)CCC21. The highest BCUT2D eigenvalue weighted by Gasteiger charge is 2.49. The predicted octanol–water partition coefficient (Wildman–Crippen LogP) is 1.62. The molecule has 24 heavy (non-hydrogen) atoms. The molecule has 0 aromatic carbocycles. The molecule has 2 saturated carbocycles. The quantitative estimate of drug-likeness (QED) is 0.835. The number of carbonyl (C=O) groups is 2. The van der Waals surface area contributed by atoms with Crippen molar-refractivity contribution in [2.75, 3.05) is 19.6 Å². The van der Waals surface area contributed by atoms with Crippen molar-refractivity contribution < 1.29 is 9.59 Å². The summed E-state index contributed by atoms with van der Waals surface area (Å²) in [5.41, 5.74) is 0. The molecule has 4 aliphatic rings. The van der Waals surface area contributed by atoms with Gasteiger partial charge in [0, 0.05) is 25.4 Å². The smallest absolute Gasteiger partial charge is 0.226 e. The number of carbonyl (C=O) groups excluding carboxylic acids is 2. The summed E-state index contributed by atoms with van der Waals surface area (Å²) in [6.45, 7) is 6.80. The number of rotatable bonds is 2. The molecule has 2 saturated heterocycles. The highest BCUT2D eigenvalue weighted by molar-refractivity contribution is 5.82. The summed E-state index contributed by atoms with van der Waals surface area (Å²) in [6.07, 6.45) is 6.75. The highest BCUT2D eigenvalue weighted by atomic mass is 16.2. The van der Waals surface area contributed by atoms with Gasteiger partial charge < -0.3 is 15.1 Å². The molecule has 2 aliphatic carbocycles. The van der Waals surface area contributed by atoms with Gasteiger partial charge in [-0.25, -0.2) is 0 Å². The maximum atomic E-state index is 12.9. The first kappa shape index (κ1) is 16.4. The Bertz CT molecular complexity index is 513. The molecule has 5 heteroatoms. The van der Waals surface area contributed by atoms with E-state index in [1.54, 1.807) is 6.92 Å². The maximum absolute atomic E-state index is 12.9. The lowest BCUT2D eigenvalue weighted by Crippen LogP contribution is -2.67. The van der Waals surface area contributed by atoms with E-state index < -0.39 is 0 Å². The number of amides is 2. The normalized spacial score (nSPS) is 39.7. The van der Waals surface area contributed by atoms with Crippen molar-refractivity contribution in [1.82, 2.24) is 15.1 Å². The molecule has 4 fully saturated rings. The van der Waals surface area contributed by atoms with Crippen LogP contribution in [0.1, 0.15) is 52.4 Å². The molecule has 134 valence electrons. The van der Waals surface area contributed by atoms with E-state index in [2.05, 4.69) is 22.0 Å². The van der Waals surface area contributed by atoms with Crippen LogP contribution in [0.3, 0.4) is 0 Å². The lowest BCUT2D eigenvalue weighted by Gasteiger charge is -2.54. The number of hydrogen-bond donors (Lipinski definition) is 1. The first-order valence-electron chi connectivity index (χ1n) is 9.86. The molecule has 2 heterocycles. The van der Waals surface area contributed by atoms with Crippen LogP contribution in [-0.4, -0.2) is 59.4 Å². The van der Waals surface area contributed by atoms with Gasteiger partial charge in [-0.1, -0.05) is 0 Å². The van der Waals surface area contributed by atoms with Crippen LogP contribution < -0.4 is 5.32 Å². The van der Waals surface area contributed by atoms with E-state index >= 15 is 0 Å². The van der Waals surface area contributed by atoms with Gasteiger partial charge in [-0.2, -0.15) is 0 Å². The van der Waals surface area contributed by atoms with E-state index in [9.17, 15) is 9.59 Å². The summed E-state index contributed by atoms with van der Waals surface area (Å²) >= 11 is 0. The minimum absolute atomic E-state index is 0.149. The van der Waals surface area contributed by atoms with E-state index in [0.29, 0.717) is 11.8 Å². The molecule has 5 atom stereocenters. The van der Waals surface area contributed by atoms with Gasteiger partial charge >= 0.3 is 0 Å². The lowest BCUT2D eigenvalue weighted by molar-refractivity contribution is -0.155. The molecular formula is C19H31N3O2. The first-order chi connectivity index (χ1) is 11.6. The van der Waals surface area contributed by atoms with Gasteiger partial charge in [-0.15, -0.1) is 0 Å². The molecule has 0 aromatic heterocycles. The number of hydrogen-bond acceptors (Lipinski definition) is 3. The second-order valence-electron chi connectivity index (χ2n) is 8.50. The van der Waals surface area contributed by atoms with Crippen molar-refractivity contribution in [2.24, 2.45) is 17.8 Å². The zero-order valence-electron chi connectivity index (χ0n) is 15.0. The van der Waals surface area contributed by atoms with Crippen molar-refractivity contribution in [3.63, 3.8) is 0 Å². The Hall–Kier alpha value is -1.10. The molecular weight excluding hydrogens is 302 g/mol. The molecule has 0 radical (unpaired) electrons. The Morgan fingerprint density at radius 2 is 1.79 bits per heavy atom. The summed E-state index contributed by atoms with van der Waals surface area (Å²) in [5.74, 6) is 2.28. The fourth-order valence-electron chi connectivity index (χ4n) is 5.53. The van der Waals surface area contributed by atoms with Crippen molar-refractivity contribution in [3.05, 3.63) is 0 Å². The fraction of sp³-hybridized carbons (Fsp3) is 0.895. The Morgan fingerprint density at radius 1 is 1.00 bits per heavy atom. The molecule has 2 amide bonds. The first-order valence-corrected chi connectivity index (χ1v) is 9.86. The second kappa shape index (κ2) is 6.32. The number of piperazine rings is 1. The molecule has 5 unspecified atom stereocenters. The summed E-state index contributed by atoms with van der Waals surface area (Å²) < 4.78 is 0. The molecule has 4 rings (SSSR count). The Labute approximate surface area is 145 Å². The Balaban J connectivity index is 1.56. The van der Waals surface area contributed by atoms with E-state index in [4.69, 9.17) is 0 Å². The topological polar surface area (TPSA) is 52.7 Å². The van der Waals surface area contributed by atoms with Crippen LogP contribution in [0.5, 0.6) is 0 Å². The molecule has 0 spiro atoms. The number of nitrogens with zero attached hydrogens (tertiary/aromatic N) is 2. The van der Waals surface area contributed by atoms with E-state index in [-0.39, 0.29) is 30.0 Å². The van der Waals surface area contributed by atoms with Gasteiger partial charge in [-0.05, 0) is 70.4 Å². The molecule has 2 aliphatic heterocycles. The van der Waals surface area contributed by atoms with Crippen molar-refractivity contribution >= 4 is 11.8 Å². The van der Waals surface area contributed by atoms with E-state index in [1.165, 1.54) is 12.8 Å². The zero-order valence-corrected chi connectivity index (χ0v) is 15.0. The van der Waals surface area contributed by atoms with Gasteiger partial charge in [0.2, 0.25) is 11.8 Å². The predicted molar refractivity (Wildman–Crippen MR) is 92.3 cm³/mol. The van der Waals surface area contributed by atoms with Gasteiger partial charge in [0.25, 0.3) is 0 Å². The van der Waals surface area contributed by atoms with Gasteiger partial charge in [-0.3, -0.25) is 9.59 Å². The molecule has 1 N–H and O–H groups in total. The average molecular weight is 333 g/mol. The molecule has 0 bridgehead atoms. The van der Waals surface area contributed by atoms with Crippen LogP contribution in [0.25, 0.3) is 0 Å². The second-order valence-corrected chi connectivity index (χ2v) is 8.50. The van der Waals surface area contributed by atoms with Crippen LogP contribution in [0.2, 0.25) is 0 Å². The fourth-order valence-corrected chi connectivity index (χ4v) is 5.53. The van der Waals surface area contributed by atoms with Crippen LogP contribution in [0, 0.1) is 17.8 Å². The lowest BCUT2D eigenvalue weighted by atomic mass is 9.73. The van der Waals surface area contributed by atoms with Crippen LogP contribution in [-0.2, 0) is 9.59 Å². The number of fused-ring (bicyclic) bond motifs is 1. The van der Waals surface area contributed by atoms with Crippen molar-refractivity contribution in [2.45, 2.75) is 70.5 Å². The highest BCUT2D eigenvalue weighted by Crippen LogP contribution is 2.42. The summed E-state index contributed by atoms with van der Waals surface area (Å²) in [5, 5.41) is 3.49. The monoisotopic (exact) mass is 333 g/mol. The van der Waals surface area contributed by atoms with Crippen LogP contribution in [0.15, 0.2) is 0 Å². The minimum Gasteiger partial charge on any atom is -0.335 e. The van der Waals surface area contributed by atoms with Crippen molar-refractivity contribution in [1.29, 1.82) is 0 Å². The standard InChI is InChI=1S/C19H31N3O2/c1-12-11-21(19(24)14-3-4-14)18-9-15(16-7-8-20-10-16)5-6-17(18)22(12)13(2)23/h12,14-18,20H,3-11H2,1-2H3. The van der Waals surface area contributed by atoms with Crippen LogP contribution in [0.4, 0.5) is 0 Å². The zero-order chi connectivity index (χ0) is 16.8. The van der Waals surface area contributed by atoms with Crippen LogP contribution >= 0.6 is 0 Å². The largest absolute Gasteiger partial charge is 0.335 e. The Kier molecular flexibility index (Phi) is 4.31. The third-order valence-electron chi connectivity index (χ3n) is 6.85. The number of nitrogens with one attached hydrogen (secondary N) is 1. The molecule has 5 nitrogen and oxygen atoms in total. The van der Waals surface area contributed by atoms with Gasteiger partial charge in [0.05, 0.1) is 12.1 Å².